The minimum Gasteiger partial charge on any atom is -0.355 e. The lowest BCUT2D eigenvalue weighted by atomic mass is 10.1. The molecule has 0 fully saturated rings. The molecule has 1 N–H and O–H groups in total. The number of nitrogens with zero attached hydrogens (tertiary/aromatic N) is 2. The Labute approximate surface area is 199 Å². The Morgan fingerprint density at radius 1 is 1.09 bits per heavy atom. The van der Waals surface area contributed by atoms with Crippen LogP contribution in [0.1, 0.15) is 30.5 Å². The fraction of sp³-hybridized carbons (Fsp3) is 0.391. The molecule has 0 unspecified atom stereocenters. The van der Waals surface area contributed by atoms with E-state index < -0.39 is 28.5 Å². The summed E-state index contributed by atoms with van der Waals surface area (Å²) >= 11 is 3.39. The molecular formula is C23H30BrN3O4S. The molecule has 7 nitrogen and oxygen atoms in total. The average molecular weight is 524 g/mol. The number of halogens is 1. The molecule has 0 bridgehead atoms. The Balaban J connectivity index is 2.42. The standard InChI is InChI=1S/C23H30BrN3O4S/c1-6-25-23(29)18(4)26(14-19-9-11-20(24)12-10-19)22(28)15-27(32(5,30)31)21-13-16(2)7-8-17(21)3/h7-13,18H,6,14-15H2,1-5H3,(H,25,29)/t18-/m0/s1. The van der Waals surface area contributed by atoms with E-state index in [2.05, 4.69) is 21.2 Å². The third-order valence-corrected chi connectivity index (χ3v) is 6.75. The fourth-order valence-electron chi connectivity index (χ4n) is 3.27. The number of sulfonamides is 1. The van der Waals surface area contributed by atoms with E-state index in [9.17, 15) is 18.0 Å². The van der Waals surface area contributed by atoms with Gasteiger partial charge in [-0.3, -0.25) is 13.9 Å². The molecule has 0 radical (unpaired) electrons. The second kappa shape index (κ2) is 11.0. The van der Waals surface area contributed by atoms with Gasteiger partial charge in [0.05, 0.1) is 11.9 Å². The van der Waals surface area contributed by atoms with Crippen LogP contribution in [-0.2, 0) is 26.2 Å². The Bertz CT molecular complexity index is 1070. The molecule has 0 saturated heterocycles. The van der Waals surface area contributed by atoms with Gasteiger partial charge in [0.1, 0.15) is 12.6 Å². The normalized spacial score (nSPS) is 12.2. The number of rotatable bonds is 9. The van der Waals surface area contributed by atoms with Crippen molar-refractivity contribution in [2.45, 2.75) is 40.3 Å². The zero-order chi connectivity index (χ0) is 24.1. The maximum atomic E-state index is 13.4. The number of benzene rings is 2. The van der Waals surface area contributed by atoms with Crippen LogP contribution in [0.15, 0.2) is 46.9 Å². The summed E-state index contributed by atoms with van der Waals surface area (Å²) < 4.78 is 27.3. The Morgan fingerprint density at radius 2 is 1.72 bits per heavy atom. The van der Waals surface area contributed by atoms with Crippen LogP contribution in [0.2, 0.25) is 0 Å². The molecule has 0 saturated carbocycles. The molecule has 2 aromatic rings. The molecule has 0 aliphatic rings. The van der Waals surface area contributed by atoms with Gasteiger partial charge in [-0.1, -0.05) is 40.2 Å². The van der Waals surface area contributed by atoms with Gasteiger partial charge in [0.2, 0.25) is 21.8 Å². The minimum atomic E-state index is -3.74. The molecule has 32 heavy (non-hydrogen) atoms. The first-order valence-electron chi connectivity index (χ1n) is 10.3. The average Bonchev–Trinajstić information content (AvgIpc) is 2.72. The number of anilines is 1. The third-order valence-electron chi connectivity index (χ3n) is 5.10. The highest BCUT2D eigenvalue weighted by Gasteiger charge is 2.30. The van der Waals surface area contributed by atoms with Crippen molar-refractivity contribution in [3.63, 3.8) is 0 Å². The van der Waals surface area contributed by atoms with Crippen LogP contribution in [-0.4, -0.2) is 50.5 Å². The van der Waals surface area contributed by atoms with E-state index in [1.54, 1.807) is 26.8 Å². The van der Waals surface area contributed by atoms with E-state index in [0.29, 0.717) is 12.2 Å². The van der Waals surface area contributed by atoms with Crippen LogP contribution in [0.3, 0.4) is 0 Å². The predicted molar refractivity (Wildman–Crippen MR) is 131 cm³/mol. The van der Waals surface area contributed by atoms with E-state index in [4.69, 9.17) is 0 Å². The van der Waals surface area contributed by atoms with Crippen molar-refractivity contribution in [3.8, 4) is 0 Å². The molecule has 0 aliphatic heterocycles. The van der Waals surface area contributed by atoms with Gasteiger partial charge in [-0.2, -0.15) is 0 Å². The molecule has 0 spiro atoms. The summed E-state index contributed by atoms with van der Waals surface area (Å²) in [6.45, 7) is 7.32. The summed E-state index contributed by atoms with van der Waals surface area (Å²) in [5.41, 5.74) is 2.91. The molecule has 9 heteroatoms. The monoisotopic (exact) mass is 523 g/mol. The van der Waals surface area contributed by atoms with Crippen LogP contribution in [0.4, 0.5) is 5.69 Å². The number of likely N-dealkylation sites (N-methyl/N-ethyl adjacent to an activating group) is 1. The van der Waals surface area contributed by atoms with Crippen LogP contribution >= 0.6 is 15.9 Å². The third kappa shape index (κ3) is 6.80. The number of hydrogen-bond acceptors (Lipinski definition) is 4. The van der Waals surface area contributed by atoms with Crippen LogP contribution in [0.25, 0.3) is 0 Å². The van der Waals surface area contributed by atoms with Gasteiger partial charge in [-0.25, -0.2) is 8.42 Å². The van der Waals surface area contributed by atoms with Crippen LogP contribution in [0.5, 0.6) is 0 Å². The van der Waals surface area contributed by atoms with E-state index in [0.717, 1.165) is 31.7 Å². The molecule has 0 heterocycles. The number of hydrogen-bond donors (Lipinski definition) is 1. The zero-order valence-electron chi connectivity index (χ0n) is 19.1. The predicted octanol–water partition coefficient (Wildman–Crippen LogP) is 3.39. The first-order valence-corrected chi connectivity index (χ1v) is 12.9. The van der Waals surface area contributed by atoms with E-state index in [1.165, 1.54) is 4.90 Å². The lowest BCUT2D eigenvalue weighted by Gasteiger charge is -2.32. The molecular weight excluding hydrogens is 494 g/mol. The lowest BCUT2D eigenvalue weighted by Crippen LogP contribution is -2.51. The molecule has 2 amide bonds. The van der Waals surface area contributed by atoms with Gasteiger partial charge >= 0.3 is 0 Å². The summed E-state index contributed by atoms with van der Waals surface area (Å²) in [5.74, 6) is -0.756. The molecule has 0 aliphatic carbocycles. The number of aryl methyl sites for hydroxylation is 2. The van der Waals surface area contributed by atoms with Crippen molar-refractivity contribution in [1.29, 1.82) is 0 Å². The quantitative estimate of drug-likeness (QED) is 0.545. The smallest absolute Gasteiger partial charge is 0.244 e. The highest BCUT2D eigenvalue weighted by Crippen LogP contribution is 2.24. The first-order chi connectivity index (χ1) is 14.9. The van der Waals surface area contributed by atoms with Crippen molar-refractivity contribution in [3.05, 3.63) is 63.6 Å². The van der Waals surface area contributed by atoms with E-state index in [1.807, 2.05) is 43.3 Å². The van der Waals surface area contributed by atoms with Crippen LogP contribution < -0.4 is 9.62 Å². The largest absolute Gasteiger partial charge is 0.355 e. The molecule has 2 aromatic carbocycles. The van der Waals surface area contributed by atoms with Gasteiger partial charge in [0, 0.05) is 17.6 Å². The lowest BCUT2D eigenvalue weighted by molar-refractivity contribution is -0.139. The Kier molecular flexibility index (Phi) is 8.86. The maximum absolute atomic E-state index is 13.4. The van der Waals surface area contributed by atoms with Crippen molar-refractivity contribution in [2.24, 2.45) is 0 Å². The van der Waals surface area contributed by atoms with Crippen LogP contribution in [0, 0.1) is 13.8 Å². The second-order valence-electron chi connectivity index (χ2n) is 7.78. The first kappa shape index (κ1) is 25.9. The fourth-order valence-corrected chi connectivity index (χ4v) is 4.44. The van der Waals surface area contributed by atoms with Crippen molar-refractivity contribution < 1.29 is 18.0 Å². The van der Waals surface area contributed by atoms with Gasteiger partial charge in [0.25, 0.3) is 0 Å². The van der Waals surface area contributed by atoms with E-state index in [-0.39, 0.29) is 12.5 Å². The van der Waals surface area contributed by atoms with Gasteiger partial charge < -0.3 is 10.2 Å². The van der Waals surface area contributed by atoms with Crippen molar-refractivity contribution in [2.75, 3.05) is 23.7 Å². The summed E-state index contributed by atoms with van der Waals surface area (Å²) in [4.78, 5) is 27.4. The molecule has 1 atom stereocenters. The molecule has 2 rings (SSSR count). The summed E-state index contributed by atoms with van der Waals surface area (Å²) in [5, 5.41) is 2.74. The Morgan fingerprint density at radius 3 is 2.28 bits per heavy atom. The highest BCUT2D eigenvalue weighted by atomic mass is 79.9. The van der Waals surface area contributed by atoms with Gasteiger partial charge in [-0.15, -0.1) is 0 Å². The summed E-state index contributed by atoms with van der Waals surface area (Å²) in [6.07, 6.45) is 1.08. The van der Waals surface area contributed by atoms with Gasteiger partial charge in [-0.05, 0) is 62.6 Å². The summed E-state index contributed by atoms with van der Waals surface area (Å²) in [7, 11) is -3.74. The second-order valence-corrected chi connectivity index (χ2v) is 10.6. The summed E-state index contributed by atoms with van der Waals surface area (Å²) in [6, 6.07) is 12.1. The maximum Gasteiger partial charge on any atom is 0.244 e. The topological polar surface area (TPSA) is 86.8 Å². The highest BCUT2D eigenvalue weighted by molar-refractivity contribution is 9.10. The number of nitrogens with one attached hydrogen (secondary N) is 1. The van der Waals surface area contributed by atoms with Gasteiger partial charge in [0.15, 0.2) is 0 Å². The van der Waals surface area contributed by atoms with E-state index >= 15 is 0 Å². The van der Waals surface area contributed by atoms with Crippen molar-refractivity contribution in [1.82, 2.24) is 10.2 Å². The number of carbonyl (C=O) groups excluding carboxylic acids is 2. The number of carbonyl (C=O) groups is 2. The Hall–Kier alpha value is -2.39. The zero-order valence-corrected chi connectivity index (χ0v) is 21.5. The van der Waals surface area contributed by atoms with Crippen molar-refractivity contribution >= 4 is 43.5 Å². The molecule has 0 aromatic heterocycles. The SMILES string of the molecule is CCNC(=O)[C@H](C)N(Cc1ccc(Br)cc1)C(=O)CN(c1cc(C)ccc1C)S(C)(=O)=O. The number of amides is 2. The minimum absolute atomic E-state index is 0.175. The molecule has 174 valence electrons.